The molecule has 0 spiro atoms. The van der Waals surface area contributed by atoms with Crippen molar-refractivity contribution in [2.75, 3.05) is 6.61 Å². The van der Waals surface area contributed by atoms with E-state index in [1.165, 1.54) is 22.1 Å². The molecule has 1 fully saturated rings. The quantitative estimate of drug-likeness (QED) is 0.312. The Morgan fingerprint density at radius 2 is 2.14 bits per heavy atom. The summed E-state index contributed by atoms with van der Waals surface area (Å²) in [4.78, 5) is 24.6. The number of aromatic nitrogens is 3. The Labute approximate surface area is 169 Å². The predicted molar refractivity (Wildman–Crippen MR) is 110 cm³/mol. The minimum absolute atomic E-state index is 0.0301. The summed E-state index contributed by atoms with van der Waals surface area (Å²) in [6.07, 6.45) is 4.31. The van der Waals surface area contributed by atoms with Gasteiger partial charge < -0.3 is 9.53 Å². The van der Waals surface area contributed by atoms with E-state index in [1.807, 2.05) is 0 Å². The van der Waals surface area contributed by atoms with E-state index in [4.69, 9.17) is 9.53 Å². The molecule has 1 amide bonds. The second kappa shape index (κ2) is 7.49. The third-order valence-electron chi connectivity index (χ3n) is 5.41. The largest absolute Gasteiger partial charge is 0.477 e. The van der Waals surface area contributed by atoms with Crippen molar-refractivity contribution in [2.45, 2.75) is 57.2 Å². The first kappa shape index (κ1) is 20.8. The summed E-state index contributed by atoms with van der Waals surface area (Å²) in [5, 5.41) is 18.7. The van der Waals surface area contributed by atoms with E-state index in [1.54, 1.807) is 17.0 Å². The summed E-state index contributed by atoms with van der Waals surface area (Å²) in [5.74, 6) is -1.38. The van der Waals surface area contributed by atoms with Crippen LogP contribution in [0, 0.1) is 0 Å². The van der Waals surface area contributed by atoms with Gasteiger partial charge in [-0.15, -0.1) is 16.9 Å². The second-order valence-corrected chi connectivity index (χ2v) is 14.2. The van der Waals surface area contributed by atoms with Crippen molar-refractivity contribution in [1.82, 2.24) is 19.9 Å². The first-order valence-corrected chi connectivity index (χ1v) is 13.0. The van der Waals surface area contributed by atoms with Crippen molar-refractivity contribution >= 4 is 38.0 Å². The third-order valence-corrected chi connectivity index (χ3v) is 11.0. The average Bonchev–Trinajstić information content (AvgIpc) is 3.20. The number of β-lactam (4-membered cyclic amide) rings is 1. The summed E-state index contributed by atoms with van der Waals surface area (Å²) >= 11 is 1.31. The summed E-state index contributed by atoms with van der Waals surface area (Å²) in [6, 6.07) is 0. The molecule has 0 aliphatic carbocycles. The van der Waals surface area contributed by atoms with Crippen LogP contribution < -0.4 is 0 Å². The lowest BCUT2D eigenvalue weighted by Crippen LogP contribution is -2.51. The minimum atomic E-state index is -1.74. The normalized spacial score (nSPS) is 21.0. The van der Waals surface area contributed by atoms with Crippen LogP contribution in [0.2, 0.25) is 18.1 Å². The van der Waals surface area contributed by atoms with E-state index in [9.17, 15) is 9.59 Å². The topological polar surface area (TPSA) is 97.5 Å². The highest BCUT2D eigenvalue weighted by molar-refractivity contribution is 8.03. The maximum atomic E-state index is 12.2. The van der Waals surface area contributed by atoms with Crippen molar-refractivity contribution in [1.29, 1.82) is 0 Å². The van der Waals surface area contributed by atoms with Crippen molar-refractivity contribution in [2.24, 2.45) is 0 Å². The van der Waals surface area contributed by atoms with Crippen LogP contribution in [0.3, 0.4) is 0 Å². The van der Waals surface area contributed by atoms with Gasteiger partial charge in [0.25, 0.3) is 5.91 Å². The van der Waals surface area contributed by atoms with Gasteiger partial charge in [0.15, 0.2) is 8.32 Å². The lowest BCUT2D eigenvalue weighted by Gasteiger charge is -2.36. The van der Waals surface area contributed by atoms with E-state index in [0.717, 1.165) is 6.42 Å². The standard InChI is InChI=1S/C18H26N4O4SSi/c1-18(2,3)28(4,5)26-8-6-7-21-10-12(19-20-21)9-13-15(23)22-14(17(24)25)11-27-16(13)22/h9-11,16H,6-8H2,1-5H3,(H,24,25)/b13-9+/t16-/m1/s1. The van der Waals surface area contributed by atoms with Crippen LogP contribution in [0.4, 0.5) is 0 Å². The van der Waals surface area contributed by atoms with E-state index < -0.39 is 14.3 Å². The third kappa shape index (κ3) is 3.94. The smallest absolute Gasteiger partial charge is 0.353 e. The number of rotatable bonds is 7. The fraction of sp³-hybridized carbons (Fsp3) is 0.556. The van der Waals surface area contributed by atoms with Crippen molar-refractivity contribution in [3.8, 4) is 0 Å². The maximum Gasteiger partial charge on any atom is 0.353 e. The number of aliphatic carboxylic acids is 1. The molecule has 2 aliphatic heterocycles. The van der Waals surface area contributed by atoms with Gasteiger partial charge in [-0.25, -0.2) is 4.79 Å². The summed E-state index contributed by atoms with van der Waals surface area (Å²) in [7, 11) is -1.74. The van der Waals surface area contributed by atoms with Crippen LogP contribution in [0.1, 0.15) is 32.9 Å². The number of carboxylic acid groups (broad SMARTS) is 1. The average molecular weight is 423 g/mol. The molecule has 0 aromatic carbocycles. The van der Waals surface area contributed by atoms with Gasteiger partial charge in [-0.1, -0.05) is 26.0 Å². The molecule has 1 atom stereocenters. The zero-order chi connectivity index (χ0) is 20.7. The number of amides is 1. The Morgan fingerprint density at radius 3 is 2.79 bits per heavy atom. The van der Waals surface area contributed by atoms with E-state index in [2.05, 4.69) is 44.2 Å². The fourth-order valence-corrected chi connectivity index (χ4v) is 4.89. The zero-order valence-corrected chi connectivity index (χ0v) is 18.6. The van der Waals surface area contributed by atoms with Crippen LogP contribution in [-0.4, -0.2) is 57.2 Å². The number of hydrogen-bond donors (Lipinski definition) is 1. The molecule has 28 heavy (non-hydrogen) atoms. The predicted octanol–water partition coefficient (Wildman–Crippen LogP) is 2.91. The summed E-state index contributed by atoms with van der Waals surface area (Å²) < 4.78 is 7.90. The number of aryl methyl sites for hydroxylation is 1. The van der Waals surface area contributed by atoms with Gasteiger partial charge in [-0.2, -0.15) is 0 Å². The molecule has 0 bridgehead atoms. The minimum Gasteiger partial charge on any atom is -0.477 e. The SMILES string of the molecule is CC(C)(C)[Si](C)(C)OCCCn1cc(/C=C2\C(=O)N3C(C(=O)O)=CS[C@H]23)nn1. The molecule has 1 saturated heterocycles. The first-order valence-electron chi connectivity index (χ1n) is 9.19. The highest BCUT2D eigenvalue weighted by Crippen LogP contribution is 2.44. The number of thioether (sulfide) groups is 1. The molecule has 3 heterocycles. The monoisotopic (exact) mass is 422 g/mol. The van der Waals surface area contributed by atoms with Crippen LogP contribution in [0.5, 0.6) is 0 Å². The van der Waals surface area contributed by atoms with Crippen LogP contribution in [0.25, 0.3) is 6.08 Å². The molecule has 3 rings (SSSR count). The molecule has 2 aliphatic rings. The number of fused-ring (bicyclic) bond motifs is 1. The Kier molecular flexibility index (Phi) is 5.57. The van der Waals surface area contributed by atoms with Crippen molar-refractivity contribution in [3.63, 3.8) is 0 Å². The van der Waals surface area contributed by atoms with Crippen molar-refractivity contribution in [3.05, 3.63) is 28.6 Å². The van der Waals surface area contributed by atoms with E-state index in [-0.39, 0.29) is 22.0 Å². The molecule has 10 heteroatoms. The number of hydrogen-bond acceptors (Lipinski definition) is 6. The molecule has 1 N–H and O–H groups in total. The molecule has 0 unspecified atom stereocenters. The summed E-state index contributed by atoms with van der Waals surface area (Å²) in [5.41, 5.74) is 1.17. The molecule has 0 saturated carbocycles. The molecule has 152 valence electrons. The zero-order valence-electron chi connectivity index (χ0n) is 16.8. The van der Waals surface area contributed by atoms with E-state index in [0.29, 0.717) is 24.4 Å². The lowest BCUT2D eigenvalue weighted by atomic mass is 10.0. The number of carbonyl (C=O) groups excluding carboxylic acids is 1. The van der Waals surface area contributed by atoms with Gasteiger partial charge in [0.2, 0.25) is 0 Å². The second-order valence-electron chi connectivity index (χ2n) is 8.44. The number of carbonyl (C=O) groups is 2. The maximum absolute atomic E-state index is 12.2. The van der Waals surface area contributed by atoms with Gasteiger partial charge in [0, 0.05) is 18.6 Å². The highest BCUT2D eigenvalue weighted by Gasteiger charge is 2.49. The highest BCUT2D eigenvalue weighted by atomic mass is 32.2. The number of nitrogens with zero attached hydrogens (tertiary/aromatic N) is 4. The molecule has 0 radical (unpaired) electrons. The molecular formula is C18H26N4O4SSi. The van der Waals surface area contributed by atoms with Crippen LogP contribution in [-0.2, 0) is 20.6 Å². The summed E-state index contributed by atoms with van der Waals surface area (Å²) in [6.45, 7) is 12.5. The Balaban J connectivity index is 1.53. The first-order chi connectivity index (χ1) is 13.0. The Hall–Kier alpha value is -1.91. The Morgan fingerprint density at radius 1 is 1.43 bits per heavy atom. The van der Waals surface area contributed by atoms with Gasteiger partial charge in [0.05, 0.1) is 11.8 Å². The molecular weight excluding hydrogens is 396 g/mol. The fourth-order valence-electron chi connectivity index (χ4n) is 2.68. The van der Waals surface area contributed by atoms with Gasteiger partial charge in [-0.05, 0) is 30.6 Å². The van der Waals surface area contributed by atoms with E-state index >= 15 is 0 Å². The van der Waals surface area contributed by atoms with Gasteiger partial charge in [-0.3, -0.25) is 14.4 Å². The van der Waals surface area contributed by atoms with Crippen molar-refractivity contribution < 1.29 is 19.1 Å². The molecule has 1 aromatic rings. The van der Waals surface area contributed by atoms with Crippen LogP contribution >= 0.6 is 11.8 Å². The van der Waals surface area contributed by atoms with Crippen LogP contribution in [0.15, 0.2) is 22.9 Å². The molecule has 8 nitrogen and oxygen atoms in total. The number of carboxylic acids is 1. The Bertz CT molecular complexity index is 856. The lowest BCUT2D eigenvalue weighted by molar-refractivity contribution is -0.141. The van der Waals surface area contributed by atoms with Gasteiger partial charge in [0.1, 0.15) is 16.8 Å². The molecule has 1 aromatic heterocycles. The van der Waals surface area contributed by atoms with Gasteiger partial charge >= 0.3 is 5.97 Å².